The predicted molar refractivity (Wildman–Crippen MR) is 71.8 cm³/mol. The SMILES string of the molecule is CC(N[C@@H](C)c1ccccn1)C1CCCCC1. The molecule has 1 aliphatic carbocycles. The molecule has 2 heteroatoms. The van der Waals surface area contributed by atoms with Gasteiger partial charge >= 0.3 is 0 Å². The van der Waals surface area contributed by atoms with Gasteiger partial charge in [-0.1, -0.05) is 25.3 Å². The molecule has 0 aromatic carbocycles. The topological polar surface area (TPSA) is 24.9 Å². The molecule has 2 nitrogen and oxygen atoms in total. The molecule has 2 atom stereocenters. The van der Waals surface area contributed by atoms with E-state index >= 15 is 0 Å². The van der Waals surface area contributed by atoms with Crippen LogP contribution in [0.25, 0.3) is 0 Å². The second kappa shape index (κ2) is 6.15. The van der Waals surface area contributed by atoms with Gasteiger partial charge in [0.05, 0.1) is 5.69 Å². The first-order valence-electron chi connectivity index (χ1n) is 6.94. The van der Waals surface area contributed by atoms with E-state index in [9.17, 15) is 0 Å². The molecule has 0 saturated heterocycles. The Hall–Kier alpha value is -0.890. The van der Waals surface area contributed by atoms with Crippen LogP contribution in [0.1, 0.15) is 57.7 Å². The molecule has 17 heavy (non-hydrogen) atoms. The van der Waals surface area contributed by atoms with Gasteiger partial charge in [0.25, 0.3) is 0 Å². The summed E-state index contributed by atoms with van der Waals surface area (Å²) in [6, 6.07) is 7.10. The van der Waals surface area contributed by atoms with Crippen molar-refractivity contribution >= 4 is 0 Å². The van der Waals surface area contributed by atoms with E-state index in [4.69, 9.17) is 0 Å². The first-order chi connectivity index (χ1) is 8.27. The fraction of sp³-hybridized carbons (Fsp3) is 0.667. The summed E-state index contributed by atoms with van der Waals surface area (Å²) >= 11 is 0. The van der Waals surface area contributed by atoms with Crippen LogP contribution in [0.2, 0.25) is 0 Å². The highest BCUT2D eigenvalue weighted by atomic mass is 15.0. The largest absolute Gasteiger partial charge is 0.306 e. The smallest absolute Gasteiger partial charge is 0.0570 e. The van der Waals surface area contributed by atoms with E-state index < -0.39 is 0 Å². The van der Waals surface area contributed by atoms with Crippen LogP contribution in [0.15, 0.2) is 24.4 Å². The van der Waals surface area contributed by atoms with Crippen molar-refractivity contribution in [3.63, 3.8) is 0 Å². The lowest BCUT2D eigenvalue weighted by atomic mass is 9.84. The summed E-state index contributed by atoms with van der Waals surface area (Å²) in [7, 11) is 0. The van der Waals surface area contributed by atoms with Crippen LogP contribution in [0.5, 0.6) is 0 Å². The van der Waals surface area contributed by atoms with Crippen molar-refractivity contribution in [2.24, 2.45) is 5.92 Å². The first-order valence-corrected chi connectivity index (χ1v) is 6.94. The third-order valence-corrected chi connectivity index (χ3v) is 4.00. The minimum Gasteiger partial charge on any atom is -0.306 e. The summed E-state index contributed by atoms with van der Waals surface area (Å²) < 4.78 is 0. The fourth-order valence-corrected chi connectivity index (χ4v) is 2.88. The summed E-state index contributed by atoms with van der Waals surface area (Å²) in [6.45, 7) is 4.54. The maximum atomic E-state index is 4.41. The molecule has 1 aromatic heterocycles. The Morgan fingerprint density at radius 2 is 1.94 bits per heavy atom. The van der Waals surface area contributed by atoms with Gasteiger partial charge in [0.15, 0.2) is 0 Å². The van der Waals surface area contributed by atoms with Crippen LogP contribution in [-0.2, 0) is 0 Å². The molecule has 1 saturated carbocycles. The van der Waals surface area contributed by atoms with Gasteiger partial charge in [-0.25, -0.2) is 0 Å². The Morgan fingerprint density at radius 3 is 2.59 bits per heavy atom. The monoisotopic (exact) mass is 232 g/mol. The molecule has 2 rings (SSSR count). The molecular formula is C15H24N2. The van der Waals surface area contributed by atoms with Gasteiger partial charge in [0, 0.05) is 18.3 Å². The van der Waals surface area contributed by atoms with E-state index in [0.29, 0.717) is 12.1 Å². The van der Waals surface area contributed by atoms with E-state index in [0.717, 1.165) is 11.6 Å². The number of pyridine rings is 1. The molecule has 1 unspecified atom stereocenters. The summed E-state index contributed by atoms with van der Waals surface area (Å²) in [5, 5.41) is 3.70. The summed E-state index contributed by atoms with van der Waals surface area (Å²) in [4.78, 5) is 4.41. The third kappa shape index (κ3) is 3.53. The van der Waals surface area contributed by atoms with E-state index in [-0.39, 0.29) is 0 Å². The van der Waals surface area contributed by atoms with E-state index in [1.54, 1.807) is 0 Å². The number of hydrogen-bond donors (Lipinski definition) is 1. The Balaban J connectivity index is 1.87. The van der Waals surface area contributed by atoms with Crippen LogP contribution in [0.4, 0.5) is 0 Å². The fourth-order valence-electron chi connectivity index (χ4n) is 2.88. The van der Waals surface area contributed by atoms with Crippen LogP contribution in [0, 0.1) is 5.92 Å². The lowest BCUT2D eigenvalue weighted by Gasteiger charge is -2.30. The molecule has 0 bridgehead atoms. The van der Waals surface area contributed by atoms with Gasteiger partial charge in [-0.15, -0.1) is 0 Å². The average molecular weight is 232 g/mol. The second-order valence-corrected chi connectivity index (χ2v) is 5.33. The molecule has 0 radical (unpaired) electrons. The van der Waals surface area contributed by atoms with Gasteiger partial charge in [0.2, 0.25) is 0 Å². The maximum Gasteiger partial charge on any atom is 0.0570 e. The van der Waals surface area contributed by atoms with Gasteiger partial charge < -0.3 is 5.32 Å². The highest BCUT2D eigenvalue weighted by molar-refractivity contribution is 5.07. The quantitative estimate of drug-likeness (QED) is 0.856. The normalized spacial score (nSPS) is 21.1. The molecule has 1 heterocycles. The molecule has 1 aliphatic rings. The summed E-state index contributed by atoms with van der Waals surface area (Å²) in [5.41, 5.74) is 1.15. The Labute approximate surface area is 105 Å². The van der Waals surface area contributed by atoms with Crippen molar-refractivity contribution in [2.45, 2.75) is 58.0 Å². The highest BCUT2D eigenvalue weighted by Gasteiger charge is 2.21. The predicted octanol–water partition coefficient (Wildman–Crippen LogP) is 3.70. The van der Waals surface area contributed by atoms with Crippen molar-refractivity contribution in [3.8, 4) is 0 Å². The van der Waals surface area contributed by atoms with Crippen molar-refractivity contribution in [3.05, 3.63) is 30.1 Å². The number of hydrogen-bond acceptors (Lipinski definition) is 2. The number of nitrogens with zero attached hydrogens (tertiary/aromatic N) is 1. The summed E-state index contributed by atoms with van der Waals surface area (Å²) in [5.74, 6) is 0.856. The number of rotatable bonds is 4. The molecule has 94 valence electrons. The van der Waals surface area contributed by atoms with Crippen molar-refractivity contribution < 1.29 is 0 Å². The standard InChI is InChI=1S/C15H24N2/c1-12(14-8-4-3-5-9-14)17-13(2)15-10-6-7-11-16-15/h6-7,10-14,17H,3-5,8-9H2,1-2H3/t12?,13-/m0/s1. The van der Waals surface area contributed by atoms with Gasteiger partial charge in [0.1, 0.15) is 0 Å². The zero-order valence-electron chi connectivity index (χ0n) is 11.0. The van der Waals surface area contributed by atoms with E-state index in [1.807, 2.05) is 12.3 Å². The lowest BCUT2D eigenvalue weighted by Crippen LogP contribution is -2.36. The molecule has 1 aromatic rings. The maximum absolute atomic E-state index is 4.41. The van der Waals surface area contributed by atoms with Gasteiger partial charge in [-0.2, -0.15) is 0 Å². The first kappa shape index (κ1) is 12.6. The zero-order valence-corrected chi connectivity index (χ0v) is 11.0. The Kier molecular flexibility index (Phi) is 4.55. The molecule has 0 spiro atoms. The molecule has 0 aliphatic heterocycles. The minimum absolute atomic E-state index is 0.355. The van der Waals surface area contributed by atoms with Crippen LogP contribution in [-0.4, -0.2) is 11.0 Å². The average Bonchev–Trinajstić information content (AvgIpc) is 2.40. The number of aromatic nitrogens is 1. The van der Waals surface area contributed by atoms with Crippen LogP contribution >= 0.6 is 0 Å². The molecule has 0 amide bonds. The zero-order chi connectivity index (χ0) is 12.1. The lowest BCUT2D eigenvalue weighted by molar-refractivity contribution is 0.267. The Morgan fingerprint density at radius 1 is 1.18 bits per heavy atom. The van der Waals surface area contributed by atoms with E-state index in [1.165, 1.54) is 32.1 Å². The third-order valence-electron chi connectivity index (χ3n) is 4.00. The van der Waals surface area contributed by atoms with Crippen molar-refractivity contribution in [1.29, 1.82) is 0 Å². The van der Waals surface area contributed by atoms with Crippen LogP contribution in [0.3, 0.4) is 0 Å². The molecule has 1 fully saturated rings. The van der Waals surface area contributed by atoms with Gasteiger partial charge in [-0.05, 0) is 44.7 Å². The second-order valence-electron chi connectivity index (χ2n) is 5.33. The van der Waals surface area contributed by atoms with Crippen molar-refractivity contribution in [1.82, 2.24) is 10.3 Å². The number of nitrogens with one attached hydrogen (secondary N) is 1. The van der Waals surface area contributed by atoms with Crippen molar-refractivity contribution in [2.75, 3.05) is 0 Å². The molecular weight excluding hydrogens is 208 g/mol. The Bertz CT molecular complexity index is 317. The van der Waals surface area contributed by atoms with E-state index in [2.05, 4.69) is 36.3 Å². The minimum atomic E-state index is 0.355. The highest BCUT2D eigenvalue weighted by Crippen LogP contribution is 2.27. The van der Waals surface area contributed by atoms with Gasteiger partial charge in [-0.3, -0.25) is 4.98 Å². The molecule has 1 N–H and O–H groups in total. The summed E-state index contributed by atoms with van der Waals surface area (Å²) in [6.07, 6.45) is 8.91. The van der Waals surface area contributed by atoms with Crippen LogP contribution < -0.4 is 5.32 Å².